The summed E-state index contributed by atoms with van der Waals surface area (Å²) in [5, 5.41) is 0. The zero-order chi connectivity index (χ0) is 6.62. The topological polar surface area (TPSA) is 30.5 Å². The number of nitrogens with one attached hydrogen (secondary N) is 1. The quantitative estimate of drug-likeness (QED) is 0.315. The fraction of sp³-hybridized carbons (Fsp3) is 1.00. The fourth-order valence-corrected chi connectivity index (χ4v) is 0.250. The summed E-state index contributed by atoms with van der Waals surface area (Å²) < 4.78 is 4.45. The van der Waals surface area contributed by atoms with E-state index >= 15 is 0 Å². The molecular formula is C4H13NO2Si. The van der Waals surface area contributed by atoms with E-state index in [0.29, 0.717) is 10.5 Å². The largest absolute Gasteiger partial charge is 0.280 e. The van der Waals surface area contributed by atoms with Gasteiger partial charge in [0.05, 0.1) is 0 Å². The van der Waals surface area contributed by atoms with Crippen LogP contribution in [-0.2, 0) is 9.57 Å². The molecule has 0 rings (SSSR count). The third kappa shape index (κ3) is 6.10. The van der Waals surface area contributed by atoms with Crippen LogP contribution < -0.4 is 5.48 Å². The smallest absolute Gasteiger partial charge is 0.195 e. The lowest BCUT2D eigenvalue weighted by Crippen LogP contribution is -2.35. The van der Waals surface area contributed by atoms with E-state index in [-0.39, 0.29) is 5.54 Å². The number of rotatable bonds is 2. The van der Waals surface area contributed by atoms with Crippen LogP contribution >= 0.6 is 0 Å². The van der Waals surface area contributed by atoms with Crippen LogP contribution in [0.25, 0.3) is 0 Å². The molecule has 0 aromatic carbocycles. The highest BCUT2D eigenvalue weighted by atomic mass is 28.2. The Labute approximate surface area is 52.8 Å². The minimum Gasteiger partial charge on any atom is -0.280 e. The Balaban J connectivity index is 3.11. The van der Waals surface area contributed by atoms with E-state index in [1.807, 2.05) is 20.8 Å². The summed E-state index contributed by atoms with van der Waals surface area (Å²) in [4.78, 5) is 4.51. The molecule has 0 aromatic heterocycles. The summed E-state index contributed by atoms with van der Waals surface area (Å²) in [6.45, 7) is 5.98. The van der Waals surface area contributed by atoms with Crippen molar-refractivity contribution in [3.05, 3.63) is 0 Å². The second kappa shape index (κ2) is 3.19. The highest BCUT2D eigenvalue weighted by molar-refractivity contribution is 5.97. The maximum atomic E-state index is 4.51. The van der Waals surface area contributed by atoms with Crippen LogP contribution in [0.3, 0.4) is 0 Å². The van der Waals surface area contributed by atoms with Crippen LogP contribution in [-0.4, -0.2) is 16.0 Å². The summed E-state index contributed by atoms with van der Waals surface area (Å²) in [6.07, 6.45) is 0. The van der Waals surface area contributed by atoms with Crippen molar-refractivity contribution in [2.24, 2.45) is 0 Å². The van der Waals surface area contributed by atoms with Gasteiger partial charge in [-0.3, -0.25) is 4.58 Å². The molecule has 0 bridgehead atoms. The van der Waals surface area contributed by atoms with Gasteiger partial charge in [0.15, 0.2) is 10.5 Å². The van der Waals surface area contributed by atoms with E-state index in [2.05, 4.69) is 15.0 Å². The zero-order valence-electron chi connectivity index (χ0n) is 5.82. The summed E-state index contributed by atoms with van der Waals surface area (Å²) >= 11 is 0. The van der Waals surface area contributed by atoms with Crippen molar-refractivity contribution in [3.8, 4) is 0 Å². The average molecular weight is 135 g/mol. The molecular weight excluding hydrogens is 122 g/mol. The van der Waals surface area contributed by atoms with Gasteiger partial charge in [-0.05, 0) is 20.8 Å². The highest BCUT2D eigenvalue weighted by Crippen LogP contribution is 1.96. The predicted octanol–water partition coefficient (Wildman–Crippen LogP) is -0.482. The van der Waals surface area contributed by atoms with Crippen LogP contribution in [0.1, 0.15) is 20.8 Å². The molecule has 0 saturated carbocycles. The first-order chi connectivity index (χ1) is 3.56. The van der Waals surface area contributed by atoms with Gasteiger partial charge < -0.3 is 0 Å². The Kier molecular flexibility index (Phi) is 3.23. The number of hydrogen-bond donors (Lipinski definition) is 1. The molecule has 50 valence electrons. The van der Waals surface area contributed by atoms with E-state index < -0.39 is 0 Å². The molecule has 4 heteroatoms. The Bertz CT molecular complexity index is 61.5. The minimum atomic E-state index is -0.0234. The van der Waals surface area contributed by atoms with E-state index in [9.17, 15) is 0 Å². The van der Waals surface area contributed by atoms with Crippen LogP contribution in [0.5, 0.6) is 0 Å². The second-order valence-electron chi connectivity index (χ2n) is 2.60. The molecule has 0 aliphatic rings. The summed E-state index contributed by atoms with van der Waals surface area (Å²) in [7, 11) is 0.598. The third-order valence-corrected chi connectivity index (χ3v) is 0.598. The Morgan fingerprint density at radius 1 is 1.38 bits per heavy atom. The van der Waals surface area contributed by atoms with E-state index in [1.54, 1.807) is 0 Å². The highest BCUT2D eigenvalue weighted by Gasteiger charge is 2.07. The maximum absolute atomic E-state index is 4.51. The molecule has 8 heavy (non-hydrogen) atoms. The fourth-order valence-electron chi connectivity index (χ4n) is 0.167. The van der Waals surface area contributed by atoms with Crippen molar-refractivity contribution in [3.63, 3.8) is 0 Å². The lowest BCUT2D eigenvalue weighted by Gasteiger charge is -2.17. The van der Waals surface area contributed by atoms with Gasteiger partial charge in [0.2, 0.25) is 0 Å². The van der Waals surface area contributed by atoms with Crippen LogP contribution in [0.2, 0.25) is 0 Å². The monoisotopic (exact) mass is 135 g/mol. The van der Waals surface area contributed by atoms with Crippen molar-refractivity contribution in [1.29, 1.82) is 0 Å². The zero-order valence-corrected chi connectivity index (χ0v) is 7.82. The van der Waals surface area contributed by atoms with Crippen molar-refractivity contribution < 1.29 is 9.57 Å². The molecule has 0 unspecified atom stereocenters. The molecule has 0 radical (unpaired) electrons. The Morgan fingerprint density at radius 3 is 2.00 bits per heavy atom. The lowest BCUT2D eigenvalue weighted by atomic mass is 10.1. The van der Waals surface area contributed by atoms with Gasteiger partial charge in [0, 0.05) is 5.54 Å². The average Bonchev–Trinajstić information content (AvgIpc) is 1.59. The minimum absolute atomic E-state index is 0.0234. The summed E-state index contributed by atoms with van der Waals surface area (Å²) in [6, 6.07) is 0. The summed E-state index contributed by atoms with van der Waals surface area (Å²) in [5.41, 5.74) is 2.66. The van der Waals surface area contributed by atoms with Crippen molar-refractivity contribution >= 4 is 10.5 Å². The van der Waals surface area contributed by atoms with Gasteiger partial charge >= 0.3 is 0 Å². The maximum Gasteiger partial charge on any atom is 0.195 e. The summed E-state index contributed by atoms with van der Waals surface area (Å²) in [5.74, 6) is 0. The van der Waals surface area contributed by atoms with Gasteiger partial charge in [-0.15, -0.1) is 0 Å². The normalized spacial score (nSPS) is 12.4. The molecule has 0 aromatic rings. The second-order valence-corrected chi connectivity index (χ2v) is 2.94. The Morgan fingerprint density at radius 2 is 1.88 bits per heavy atom. The standard InChI is InChI=1S/C4H13NO2Si/c1-4(2,3)5-6-7-8/h5H,1-3,8H3. The molecule has 0 heterocycles. The number of hydrogen-bond acceptors (Lipinski definition) is 3. The van der Waals surface area contributed by atoms with Gasteiger partial charge in [0.25, 0.3) is 0 Å². The van der Waals surface area contributed by atoms with Crippen LogP contribution in [0.4, 0.5) is 0 Å². The van der Waals surface area contributed by atoms with Crippen molar-refractivity contribution in [2.45, 2.75) is 26.3 Å². The first-order valence-electron chi connectivity index (χ1n) is 2.53. The van der Waals surface area contributed by atoms with Gasteiger partial charge in [-0.1, -0.05) is 0 Å². The van der Waals surface area contributed by atoms with Crippen LogP contribution in [0, 0.1) is 0 Å². The molecule has 0 aliphatic heterocycles. The Hall–Kier alpha value is 0.0969. The molecule has 0 spiro atoms. The molecule has 3 nitrogen and oxygen atoms in total. The molecule has 0 saturated heterocycles. The van der Waals surface area contributed by atoms with Gasteiger partial charge in [-0.2, -0.15) is 10.5 Å². The number of hydroxylamine groups is 1. The van der Waals surface area contributed by atoms with E-state index in [1.165, 1.54) is 0 Å². The van der Waals surface area contributed by atoms with Crippen LogP contribution in [0.15, 0.2) is 0 Å². The van der Waals surface area contributed by atoms with E-state index in [0.717, 1.165) is 0 Å². The van der Waals surface area contributed by atoms with Crippen molar-refractivity contribution in [1.82, 2.24) is 5.48 Å². The lowest BCUT2D eigenvalue weighted by molar-refractivity contribution is -0.272. The van der Waals surface area contributed by atoms with Gasteiger partial charge in [-0.25, -0.2) is 0 Å². The molecule has 0 atom stereocenters. The van der Waals surface area contributed by atoms with Gasteiger partial charge in [0.1, 0.15) is 0 Å². The van der Waals surface area contributed by atoms with E-state index in [4.69, 9.17) is 0 Å². The first-order valence-corrected chi connectivity index (χ1v) is 3.35. The molecule has 0 fully saturated rings. The molecule has 1 N–H and O–H groups in total. The molecule has 0 amide bonds. The first kappa shape index (κ1) is 8.10. The van der Waals surface area contributed by atoms with Crippen molar-refractivity contribution in [2.75, 3.05) is 0 Å². The third-order valence-electron chi connectivity index (χ3n) is 0.431. The molecule has 0 aliphatic carbocycles. The SMILES string of the molecule is CC(C)(C)NOO[SiH3]. The predicted molar refractivity (Wildman–Crippen MR) is 35.0 cm³/mol.